The average Bonchev–Trinajstić information content (AvgIpc) is 3.21. The molecular weight excluding hydrogens is 422 g/mol. The summed E-state index contributed by atoms with van der Waals surface area (Å²) in [5.74, 6) is -0.945. The molecule has 0 aliphatic heterocycles. The standard InChI is InChI=1S/C26H33NO4S/c1-26(2)24(30)20(10-5-3-4-6-12-23(27)29)21(25(26)31)14-13-18(28)16-19-15-17-9-7-8-11-22(17)32-19/h3,5,7-9,11,13-15,18,20-21,25,28,31H,4,6,10,12,16H2,1-2H3,(H2,27,29)/b5-3-,14-13+/t18?,20?,21?,25-/m0/s1. The number of amides is 1. The molecule has 1 aromatic heterocycles. The minimum Gasteiger partial charge on any atom is -0.391 e. The van der Waals surface area contributed by atoms with Gasteiger partial charge in [-0.1, -0.05) is 56.4 Å². The second-order valence-electron chi connectivity index (χ2n) is 9.19. The Balaban J connectivity index is 1.64. The van der Waals surface area contributed by atoms with Crippen LogP contribution in [0.5, 0.6) is 0 Å². The molecular formula is C26H33NO4S. The first-order valence-electron chi connectivity index (χ1n) is 11.2. The van der Waals surface area contributed by atoms with Gasteiger partial charge in [-0.3, -0.25) is 9.59 Å². The lowest BCUT2D eigenvalue weighted by Gasteiger charge is -2.22. The van der Waals surface area contributed by atoms with Crippen LogP contribution in [0.1, 0.15) is 44.4 Å². The topological polar surface area (TPSA) is 101 Å². The first-order chi connectivity index (χ1) is 15.2. The van der Waals surface area contributed by atoms with Gasteiger partial charge in [-0.15, -0.1) is 11.3 Å². The number of hydrogen-bond donors (Lipinski definition) is 3. The van der Waals surface area contributed by atoms with Gasteiger partial charge in [0.05, 0.1) is 17.6 Å². The molecule has 5 nitrogen and oxygen atoms in total. The van der Waals surface area contributed by atoms with Gasteiger partial charge in [0, 0.05) is 34.3 Å². The number of aliphatic hydroxyl groups excluding tert-OH is 2. The van der Waals surface area contributed by atoms with E-state index in [-0.39, 0.29) is 23.5 Å². The Kier molecular flexibility index (Phi) is 8.04. The van der Waals surface area contributed by atoms with Crippen LogP contribution in [-0.2, 0) is 16.0 Å². The molecule has 1 aliphatic carbocycles. The van der Waals surface area contributed by atoms with Gasteiger partial charge in [0.25, 0.3) is 0 Å². The highest BCUT2D eigenvalue weighted by Crippen LogP contribution is 2.44. The zero-order valence-electron chi connectivity index (χ0n) is 18.7. The van der Waals surface area contributed by atoms with Crippen molar-refractivity contribution in [3.05, 3.63) is 59.5 Å². The number of unbranched alkanes of at least 4 members (excludes halogenated alkanes) is 1. The molecule has 1 heterocycles. The van der Waals surface area contributed by atoms with E-state index in [4.69, 9.17) is 5.73 Å². The largest absolute Gasteiger partial charge is 0.391 e. The molecule has 3 unspecified atom stereocenters. The van der Waals surface area contributed by atoms with Gasteiger partial charge >= 0.3 is 0 Å². The third-order valence-electron chi connectivity index (χ3n) is 6.33. The number of benzene rings is 1. The van der Waals surface area contributed by atoms with E-state index in [1.165, 1.54) is 10.1 Å². The van der Waals surface area contributed by atoms with Gasteiger partial charge in [-0.25, -0.2) is 0 Å². The van der Waals surface area contributed by atoms with Gasteiger partial charge < -0.3 is 15.9 Å². The van der Waals surface area contributed by atoms with E-state index in [1.807, 2.05) is 30.4 Å². The molecule has 0 saturated heterocycles. The van der Waals surface area contributed by atoms with Crippen LogP contribution in [0, 0.1) is 17.3 Å². The lowest BCUT2D eigenvalue weighted by Crippen LogP contribution is -2.31. The summed E-state index contributed by atoms with van der Waals surface area (Å²) in [6, 6.07) is 10.2. The fourth-order valence-electron chi connectivity index (χ4n) is 4.43. The number of rotatable bonds is 10. The molecule has 32 heavy (non-hydrogen) atoms. The Morgan fingerprint density at radius 1 is 1.28 bits per heavy atom. The van der Waals surface area contributed by atoms with Crippen LogP contribution in [0.15, 0.2) is 54.6 Å². The highest BCUT2D eigenvalue weighted by molar-refractivity contribution is 7.19. The van der Waals surface area contributed by atoms with E-state index in [9.17, 15) is 19.8 Å². The molecule has 4 N–H and O–H groups in total. The minimum atomic E-state index is -0.824. The molecule has 0 spiro atoms. The first-order valence-corrected chi connectivity index (χ1v) is 12.0. The number of aliphatic hydroxyl groups is 2. The van der Waals surface area contributed by atoms with Crippen molar-refractivity contribution >= 4 is 33.1 Å². The van der Waals surface area contributed by atoms with Crippen LogP contribution >= 0.6 is 11.3 Å². The maximum atomic E-state index is 12.9. The molecule has 0 radical (unpaired) electrons. The van der Waals surface area contributed by atoms with Crippen LogP contribution in [0.4, 0.5) is 0 Å². The molecule has 0 bridgehead atoms. The van der Waals surface area contributed by atoms with Crippen LogP contribution in [0.25, 0.3) is 10.1 Å². The van der Waals surface area contributed by atoms with Crippen molar-refractivity contribution in [1.29, 1.82) is 0 Å². The number of hydrogen-bond acceptors (Lipinski definition) is 5. The number of carbonyl (C=O) groups is 2. The second kappa shape index (κ2) is 10.6. The zero-order valence-corrected chi connectivity index (χ0v) is 19.6. The molecule has 3 rings (SSSR count). The summed E-state index contributed by atoms with van der Waals surface area (Å²) < 4.78 is 1.19. The van der Waals surface area contributed by atoms with Crippen LogP contribution in [0.2, 0.25) is 0 Å². The molecule has 2 aromatic rings. The summed E-state index contributed by atoms with van der Waals surface area (Å²) in [5.41, 5.74) is 4.33. The summed E-state index contributed by atoms with van der Waals surface area (Å²) in [6.07, 6.45) is 8.76. The van der Waals surface area contributed by atoms with E-state index in [2.05, 4.69) is 18.2 Å². The molecule has 4 atom stereocenters. The number of nitrogens with two attached hydrogens (primary N) is 1. The maximum Gasteiger partial charge on any atom is 0.217 e. The Morgan fingerprint density at radius 3 is 2.75 bits per heavy atom. The summed E-state index contributed by atoms with van der Waals surface area (Å²) in [4.78, 5) is 24.9. The van der Waals surface area contributed by atoms with Gasteiger partial charge in [0.1, 0.15) is 5.78 Å². The molecule has 1 fully saturated rings. The smallest absolute Gasteiger partial charge is 0.217 e. The van der Waals surface area contributed by atoms with E-state index in [1.54, 1.807) is 31.3 Å². The molecule has 1 aliphatic rings. The fraction of sp³-hybridized carbons (Fsp3) is 0.462. The van der Waals surface area contributed by atoms with Gasteiger partial charge in [-0.2, -0.15) is 0 Å². The summed E-state index contributed by atoms with van der Waals surface area (Å²) >= 11 is 1.67. The molecule has 1 saturated carbocycles. The van der Waals surface area contributed by atoms with Crippen molar-refractivity contribution in [2.24, 2.45) is 23.0 Å². The lowest BCUT2D eigenvalue weighted by molar-refractivity contribution is -0.129. The third kappa shape index (κ3) is 5.74. The van der Waals surface area contributed by atoms with E-state index in [0.717, 1.165) is 11.3 Å². The highest BCUT2D eigenvalue weighted by atomic mass is 32.1. The number of Topliss-reactive ketones (excluding diaryl/α,β-unsaturated/α-hetero) is 1. The fourth-order valence-corrected chi connectivity index (χ4v) is 5.54. The van der Waals surface area contributed by atoms with Crippen molar-refractivity contribution in [3.63, 3.8) is 0 Å². The Labute approximate surface area is 193 Å². The van der Waals surface area contributed by atoms with Crippen molar-refractivity contribution in [3.8, 4) is 0 Å². The lowest BCUT2D eigenvalue weighted by atomic mass is 9.86. The Hall–Kier alpha value is -2.28. The number of ketones is 1. The first kappa shape index (κ1) is 24.4. The molecule has 1 amide bonds. The van der Waals surface area contributed by atoms with Gasteiger partial charge in [0.2, 0.25) is 5.91 Å². The predicted octanol–water partition coefficient (Wildman–Crippen LogP) is 4.17. The van der Waals surface area contributed by atoms with E-state index < -0.39 is 17.6 Å². The number of thiophene rings is 1. The number of primary amides is 1. The van der Waals surface area contributed by atoms with Crippen LogP contribution in [-0.4, -0.2) is 34.1 Å². The minimum absolute atomic E-state index is 0.0421. The highest BCUT2D eigenvalue weighted by Gasteiger charge is 2.52. The van der Waals surface area contributed by atoms with E-state index in [0.29, 0.717) is 25.7 Å². The van der Waals surface area contributed by atoms with Crippen LogP contribution in [0.3, 0.4) is 0 Å². The number of fused-ring (bicyclic) bond motifs is 1. The average molecular weight is 456 g/mol. The van der Waals surface area contributed by atoms with Gasteiger partial charge in [0.15, 0.2) is 0 Å². The summed E-state index contributed by atoms with van der Waals surface area (Å²) in [7, 11) is 0. The normalized spacial score (nSPS) is 24.1. The Bertz CT molecular complexity index is 973. The van der Waals surface area contributed by atoms with Crippen molar-refractivity contribution in [2.75, 3.05) is 0 Å². The maximum absolute atomic E-state index is 12.9. The summed E-state index contributed by atoms with van der Waals surface area (Å²) in [5, 5.41) is 22.6. The molecule has 6 heteroatoms. The quantitative estimate of drug-likeness (QED) is 0.370. The van der Waals surface area contributed by atoms with Crippen molar-refractivity contribution in [2.45, 2.75) is 58.2 Å². The Morgan fingerprint density at radius 2 is 2.03 bits per heavy atom. The second-order valence-corrected chi connectivity index (χ2v) is 10.4. The SMILES string of the molecule is CC1(C)C(=O)C(C/C=C\CCCC(N)=O)C(/C=C/C(O)Cc2cc3ccccc3s2)[C@@H]1O. The van der Waals surface area contributed by atoms with Crippen molar-refractivity contribution in [1.82, 2.24) is 0 Å². The third-order valence-corrected chi connectivity index (χ3v) is 7.47. The van der Waals surface area contributed by atoms with E-state index >= 15 is 0 Å². The number of carbonyl (C=O) groups excluding carboxylic acids is 2. The predicted molar refractivity (Wildman–Crippen MR) is 129 cm³/mol. The van der Waals surface area contributed by atoms with Crippen LogP contribution < -0.4 is 5.73 Å². The summed E-state index contributed by atoms with van der Waals surface area (Å²) in [6.45, 7) is 3.57. The number of allylic oxidation sites excluding steroid dienone is 2. The molecule has 172 valence electrons. The zero-order chi connectivity index (χ0) is 23.3. The van der Waals surface area contributed by atoms with Crippen molar-refractivity contribution < 1.29 is 19.8 Å². The monoisotopic (exact) mass is 455 g/mol. The van der Waals surface area contributed by atoms with Gasteiger partial charge in [-0.05, 0) is 36.8 Å². The molecule has 1 aromatic carbocycles.